The van der Waals surface area contributed by atoms with Gasteiger partial charge >= 0.3 is 0 Å². The van der Waals surface area contributed by atoms with E-state index in [1.165, 1.54) is 4.68 Å². The van der Waals surface area contributed by atoms with E-state index >= 15 is 0 Å². The predicted molar refractivity (Wildman–Crippen MR) is 56.4 cm³/mol. The predicted octanol–water partition coefficient (Wildman–Crippen LogP) is 0.704. The third kappa shape index (κ3) is 1.72. The Balaban J connectivity index is 2.58. The number of nitrogens with two attached hydrogens (primary N) is 1. The van der Waals surface area contributed by atoms with Gasteiger partial charge in [-0.05, 0) is 19.9 Å². The van der Waals surface area contributed by atoms with Gasteiger partial charge in [0.25, 0.3) is 0 Å². The largest absolute Gasteiger partial charge is 0.292 e. The zero-order valence-electron chi connectivity index (χ0n) is 8.90. The third-order valence-corrected chi connectivity index (χ3v) is 2.06. The topological polar surface area (TPSA) is 81.7 Å². The molecule has 2 aromatic rings. The maximum atomic E-state index is 13.5. The van der Waals surface area contributed by atoms with Crippen LogP contribution in [0.2, 0.25) is 0 Å². The second-order valence-corrected chi connectivity index (χ2v) is 3.35. The van der Waals surface area contributed by atoms with E-state index in [1.54, 1.807) is 0 Å². The van der Waals surface area contributed by atoms with Crippen LogP contribution in [0.5, 0.6) is 0 Å². The minimum Gasteiger partial charge on any atom is -0.292 e. The van der Waals surface area contributed by atoms with E-state index < -0.39 is 5.82 Å². The molecule has 0 unspecified atom stereocenters. The van der Waals surface area contributed by atoms with E-state index in [-0.39, 0.29) is 11.8 Å². The molecular weight excluding hydrogens is 211 g/mol. The maximum Gasteiger partial charge on any atom is 0.239 e. The number of aromatic nitrogens is 4. The second kappa shape index (κ2) is 3.86. The number of nitrogens with one attached hydrogen (secondary N) is 1. The molecule has 0 radical (unpaired) electrons. The van der Waals surface area contributed by atoms with Crippen molar-refractivity contribution in [3.63, 3.8) is 0 Å². The molecule has 0 atom stereocenters. The highest BCUT2D eigenvalue weighted by Crippen LogP contribution is 2.13. The third-order valence-electron chi connectivity index (χ3n) is 2.06. The zero-order valence-corrected chi connectivity index (χ0v) is 8.90. The highest BCUT2D eigenvalue weighted by atomic mass is 19.1. The highest BCUT2D eigenvalue weighted by Gasteiger charge is 2.12. The minimum absolute atomic E-state index is 0.0774. The van der Waals surface area contributed by atoms with Crippen molar-refractivity contribution in [3.8, 4) is 5.82 Å². The minimum atomic E-state index is -0.551. The van der Waals surface area contributed by atoms with Crippen LogP contribution in [0.15, 0.2) is 12.3 Å². The monoisotopic (exact) mass is 222 g/mol. The molecule has 2 heterocycles. The molecular formula is C9H11FN6. The molecule has 0 aliphatic heterocycles. The van der Waals surface area contributed by atoms with E-state index in [2.05, 4.69) is 20.5 Å². The van der Waals surface area contributed by atoms with Crippen LogP contribution in [0.4, 0.5) is 10.3 Å². The molecule has 0 saturated heterocycles. The summed E-state index contributed by atoms with van der Waals surface area (Å²) >= 11 is 0. The van der Waals surface area contributed by atoms with Crippen molar-refractivity contribution in [3.05, 3.63) is 29.5 Å². The van der Waals surface area contributed by atoms with Crippen molar-refractivity contribution >= 4 is 5.95 Å². The average Bonchev–Trinajstić information content (AvgIpc) is 2.58. The Morgan fingerprint density at radius 2 is 2.19 bits per heavy atom. The van der Waals surface area contributed by atoms with Crippen LogP contribution in [0.1, 0.15) is 11.4 Å². The molecule has 0 spiro atoms. The molecule has 2 aromatic heterocycles. The first-order valence-electron chi connectivity index (χ1n) is 4.64. The molecule has 0 amide bonds. The molecule has 0 bridgehead atoms. The van der Waals surface area contributed by atoms with Crippen LogP contribution in [0.25, 0.3) is 5.82 Å². The van der Waals surface area contributed by atoms with Crippen molar-refractivity contribution in [1.29, 1.82) is 0 Å². The lowest BCUT2D eigenvalue weighted by Gasteiger charge is -2.05. The van der Waals surface area contributed by atoms with E-state index in [0.717, 1.165) is 17.6 Å². The summed E-state index contributed by atoms with van der Waals surface area (Å²) in [6.45, 7) is 3.64. The molecule has 6 nitrogen and oxygen atoms in total. The van der Waals surface area contributed by atoms with Gasteiger partial charge < -0.3 is 0 Å². The smallest absolute Gasteiger partial charge is 0.239 e. The molecule has 0 aromatic carbocycles. The Kier molecular flexibility index (Phi) is 2.53. The number of halogens is 1. The Morgan fingerprint density at radius 1 is 1.44 bits per heavy atom. The molecule has 0 aliphatic rings. The summed E-state index contributed by atoms with van der Waals surface area (Å²) in [6, 6.07) is 1.83. The summed E-state index contributed by atoms with van der Waals surface area (Å²) in [5.74, 6) is 4.83. The van der Waals surface area contributed by atoms with E-state index in [0.29, 0.717) is 0 Å². The van der Waals surface area contributed by atoms with Gasteiger partial charge in [0.1, 0.15) is 0 Å². The van der Waals surface area contributed by atoms with Gasteiger partial charge in [-0.3, -0.25) is 5.43 Å². The average molecular weight is 222 g/mol. The molecule has 16 heavy (non-hydrogen) atoms. The summed E-state index contributed by atoms with van der Waals surface area (Å²) in [6.07, 6.45) is 1.05. The van der Waals surface area contributed by atoms with Gasteiger partial charge in [0, 0.05) is 5.69 Å². The van der Waals surface area contributed by atoms with E-state index in [4.69, 9.17) is 5.84 Å². The Morgan fingerprint density at radius 3 is 2.75 bits per heavy atom. The number of hydrogen-bond acceptors (Lipinski definition) is 5. The number of hydrogen-bond donors (Lipinski definition) is 2. The molecule has 84 valence electrons. The second-order valence-electron chi connectivity index (χ2n) is 3.35. The quantitative estimate of drug-likeness (QED) is 0.577. The highest BCUT2D eigenvalue weighted by molar-refractivity contribution is 5.33. The Hall–Kier alpha value is -2.02. The fourth-order valence-electron chi connectivity index (χ4n) is 1.42. The summed E-state index contributed by atoms with van der Waals surface area (Å²) in [7, 11) is 0. The van der Waals surface area contributed by atoms with Crippen LogP contribution in [0, 0.1) is 19.7 Å². The number of anilines is 1. The lowest BCUT2D eigenvalue weighted by molar-refractivity contribution is 0.590. The summed E-state index contributed by atoms with van der Waals surface area (Å²) in [5.41, 5.74) is 3.84. The molecule has 2 rings (SSSR count). The first kappa shape index (κ1) is 10.5. The van der Waals surface area contributed by atoms with Gasteiger partial charge in [-0.2, -0.15) is 10.1 Å². The van der Waals surface area contributed by atoms with Crippen LogP contribution in [-0.4, -0.2) is 19.7 Å². The van der Waals surface area contributed by atoms with Gasteiger partial charge in [0.2, 0.25) is 5.95 Å². The van der Waals surface area contributed by atoms with Crippen LogP contribution in [0.3, 0.4) is 0 Å². The molecule has 0 fully saturated rings. The van der Waals surface area contributed by atoms with Gasteiger partial charge in [-0.15, -0.1) is 0 Å². The standard InChI is InChI=1S/C9H11FN6/c1-5-3-6(2)16(15-5)8-7(10)4-12-9(13-8)14-11/h3-4H,11H2,1-2H3,(H,12,13,14). The van der Waals surface area contributed by atoms with Gasteiger partial charge in [0.05, 0.1) is 11.9 Å². The maximum absolute atomic E-state index is 13.5. The zero-order chi connectivity index (χ0) is 11.7. The normalized spacial score (nSPS) is 10.5. The number of nitrogens with zero attached hydrogens (tertiary/aromatic N) is 4. The van der Waals surface area contributed by atoms with Crippen molar-refractivity contribution in [1.82, 2.24) is 19.7 Å². The lowest BCUT2D eigenvalue weighted by Crippen LogP contribution is -2.14. The molecule has 7 heteroatoms. The lowest BCUT2D eigenvalue weighted by atomic mass is 10.4. The number of aryl methyl sites for hydroxylation is 2. The summed E-state index contributed by atoms with van der Waals surface area (Å²) < 4.78 is 14.9. The Labute approximate surface area is 91.3 Å². The van der Waals surface area contributed by atoms with Crippen LogP contribution >= 0.6 is 0 Å². The number of rotatable bonds is 2. The van der Waals surface area contributed by atoms with Gasteiger partial charge in [-0.25, -0.2) is 19.9 Å². The SMILES string of the molecule is Cc1cc(C)n(-c2nc(NN)ncc2F)n1. The fraction of sp³-hybridized carbons (Fsp3) is 0.222. The van der Waals surface area contributed by atoms with Crippen LogP contribution in [-0.2, 0) is 0 Å². The van der Waals surface area contributed by atoms with Crippen LogP contribution < -0.4 is 11.3 Å². The van der Waals surface area contributed by atoms with E-state index in [1.807, 2.05) is 19.9 Å². The van der Waals surface area contributed by atoms with Gasteiger partial charge in [-0.1, -0.05) is 0 Å². The first-order valence-corrected chi connectivity index (χ1v) is 4.64. The molecule has 0 saturated carbocycles. The van der Waals surface area contributed by atoms with E-state index in [9.17, 15) is 4.39 Å². The number of hydrazine groups is 1. The van der Waals surface area contributed by atoms with Crippen molar-refractivity contribution in [2.24, 2.45) is 5.84 Å². The van der Waals surface area contributed by atoms with Crippen molar-refractivity contribution in [2.45, 2.75) is 13.8 Å². The first-order chi connectivity index (χ1) is 7.61. The number of nitrogen functional groups attached to an aromatic ring is 1. The summed E-state index contributed by atoms with van der Waals surface area (Å²) in [4.78, 5) is 7.57. The fourth-order valence-corrected chi connectivity index (χ4v) is 1.42. The van der Waals surface area contributed by atoms with Crippen molar-refractivity contribution in [2.75, 3.05) is 5.43 Å². The summed E-state index contributed by atoms with van der Waals surface area (Å²) in [5, 5.41) is 4.13. The molecule has 3 N–H and O–H groups in total. The van der Waals surface area contributed by atoms with Gasteiger partial charge in [0.15, 0.2) is 11.6 Å². The molecule has 0 aliphatic carbocycles. The van der Waals surface area contributed by atoms with Crippen molar-refractivity contribution < 1.29 is 4.39 Å². The Bertz CT molecular complexity index is 521.